The molecule has 0 saturated heterocycles. The SMILES string of the molecule is CCOc1ccc2nc(N3C(=O)C(O)=C(C(=O)C=Cc4ccccc4)C3c3cccc(OC)c3)sc2c1. The molecule has 5 rings (SSSR count). The summed E-state index contributed by atoms with van der Waals surface area (Å²) in [5.41, 5.74) is 2.11. The highest BCUT2D eigenvalue weighted by Gasteiger charge is 2.45. The number of thiazole rings is 1. The van der Waals surface area contributed by atoms with E-state index in [1.54, 1.807) is 37.5 Å². The molecule has 1 aromatic heterocycles. The van der Waals surface area contributed by atoms with Gasteiger partial charge in [0.2, 0.25) is 0 Å². The third-order valence-electron chi connectivity index (χ3n) is 5.98. The lowest BCUT2D eigenvalue weighted by atomic mass is 9.95. The molecule has 0 radical (unpaired) electrons. The molecule has 186 valence electrons. The van der Waals surface area contributed by atoms with E-state index in [0.717, 1.165) is 10.3 Å². The molecule has 1 unspecified atom stereocenters. The number of benzene rings is 3. The van der Waals surface area contributed by atoms with Crippen molar-refractivity contribution < 1.29 is 24.2 Å². The summed E-state index contributed by atoms with van der Waals surface area (Å²) in [6, 6.07) is 21.1. The van der Waals surface area contributed by atoms with E-state index in [1.807, 2.05) is 55.5 Å². The minimum atomic E-state index is -0.887. The quantitative estimate of drug-likeness (QED) is 0.296. The van der Waals surface area contributed by atoms with Gasteiger partial charge in [-0.1, -0.05) is 59.9 Å². The van der Waals surface area contributed by atoms with Crippen molar-refractivity contribution in [3.63, 3.8) is 0 Å². The van der Waals surface area contributed by atoms with Crippen LogP contribution in [0.1, 0.15) is 24.1 Å². The highest BCUT2D eigenvalue weighted by molar-refractivity contribution is 7.22. The van der Waals surface area contributed by atoms with Crippen molar-refractivity contribution >= 4 is 44.5 Å². The zero-order valence-electron chi connectivity index (χ0n) is 20.3. The Kier molecular flexibility index (Phi) is 6.74. The first-order valence-corrected chi connectivity index (χ1v) is 12.5. The Morgan fingerprint density at radius 2 is 1.89 bits per heavy atom. The Morgan fingerprint density at radius 3 is 2.65 bits per heavy atom. The number of hydrogen-bond donors (Lipinski definition) is 1. The summed E-state index contributed by atoms with van der Waals surface area (Å²) in [5.74, 6) is -0.485. The van der Waals surface area contributed by atoms with E-state index in [0.29, 0.717) is 34.3 Å². The van der Waals surface area contributed by atoms with Crippen LogP contribution in [0.5, 0.6) is 11.5 Å². The third kappa shape index (κ3) is 4.71. The maximum Gasteiger partial charge on any atom is 0.296 e. The number of allylic oxidation sites excluding steroid dienone is 1. The first-order chi connectivity index (χ1) is 18.0. The van der Waals surface area contributed by atoms with Crippen molar-refractivity contribution in [1.82, 2.24) is 4.98 Å². The Labute approximate surface area is 217 Å². The van der Waals surface area contributed by atoms with E-state index >= 15 is 0 Å². The maximum atomic E-state index is 13.4. The zero-order valence-corrected chi connectivity index (χ0v) is 21.1. The molecule has 37 heavy (non-hydrogen) atoms. The number of aromatic nitrogens is 1. The van der Waals surface area contributed by atoms with Gasteiger partial charge in [-0.25, -0.2) is 4.98 Å². The number of anilines is 1. The first kappa shape index (κ1) is 24.3. The van der Waals surface area contributed by atoms with E-state index in [4.69, 9.17) is 9.47 Å². The van der Waals surface area contributed by atoms with Crippen LogP contribution < -0.4 is 14.4 Å². The molecule has 8 heteroatoms. The fraction of sp³-hybridized carbons (Fsp3) is 0.138. The minimum Gasteiger partial charge on any atom is -0.503 e. The number of aliphatic hydroxyl groups excluding tert-OH is 1. The average Bonchev–Trinajstić information content (AvgIpc) is 3.45. The van der Waals surface area contributed by atoms with Gasteiger partial charge in [-0.2, -0.15) is 0 Å². The van der Waals surface area contributed by atoms with Crippen molar-refractivity contribution in [3.05, 3.63) is 101 Å². The molecule has 0 aliphatic carbocycles. The second kappa shape index (κ2) is 10.3. The standard InChI is InChI=1S/C29H24N2O5S/c1-3-36-21-13-14-22-24(17-21)37-29(30-22)31-26(19-10-7-11-20(16-19)35-2)25(27(33)28(31)34)23(32)15-12-18-8-5-4-6-9-18/h4-17,26,33H,3H2,1-2H3. The summed E-state index contributed by atoms with van der Waals surface area (Å²) in [6.45, 7) is 2.43. The van der Waals surface area contributed by atoms with Gasteiger partial charge in [0.05, 0.1) is 35.5 Å². The summed E-state index contributed by atoms with van der Waals surface area (Å²) in [7, 11) is 1.54. The summed E-state index contributed by atoms with van der Waals surface area (Å²) in [5, 5.41) is 11.3. The van der Waals surface area contributed by atoms with Gasteiger partial charge in [0.1, 0.15) is 11.5 Å². The predicted octanol–water partition coefficient (Wildman–Crippen LogP) is 5.89. The number of carbonyl (C=O) groups excluding carboxylic acids is 2. The Morgan fingerprint density at radius 1 is 1.08 bits per heavy atom. The molecule has 1 atom stereocenters. The number of fused-ring (bicyclic) bond motifs is 1. The lowest BCUT2D eigenvalue weighted by Crippen LogP contribution is -2.30. The van der Waals surface area contributed by atoms with Crippen LogP contribution in [-0.4, -0.2) is 35.5 Å². The van der Waals surface area contributed by atoms with Crippen molar-refractivity contribution in [2.24, 2.45) is 0 Å². The Balaban J connectivity index is 1.60. The van der Waals surface area contributed by atoms with Crippen LogP contribution in [0.4, 0.5) is 5.13 Å². The molecule has 0 saturated carbocycles. The molecule has 1 amide bonds. The number of aliphatic hydroxyl groups is 1. The largest absolute Gasteiger partial charge is 0.503 e. The van der Waals surface area contributed by atoms with Crippen LogP contribution in [-0.2, 0) is 9.59 Å². The fourth-order valence-corrected chi connectivity index (χ4v) is 5.28. The van der Waals surface area contributed by atoms with E-state index < -0.39 is 23.5 Å². The van der Waals surface area contributed by atoms with Gasteiger partial charge in [-0.05, 0) is 54.5 Å². The Bertz CT molecular complexity index is 1540. The van der Waals surface area contributed by atoms with Gasteiger partial charge in [-0.15, -0.1) is 0 Å². The minimum absolute atomic E-state index is 0.0142. The average molecular weight is 513 g/mol. The van der Waals surface area contributed by atoms with Crippen LogP contribution in [0.15, 0.2) is 90.2 Å². The molecule has 1 N–H and O–H groups in total. The number of nitrogens with zero attached hydrogens (tertiary/aromatic N) is 2. The third-order valence-corrected chi connectivity index (χ3v) is 6.99. The van der Waals surface area contributed by atoms with Crippen LogP contribution in [0.3, 0.4) is 0 Å². The lowest BCUT2D eigenvalue weighted by molar-refractivity contribution is -0.117. The first-order valence-electron chi connectivity index (χ1n) is 11.7. The molecular weight excluding hydrogens is 488 g/mol. The molecule has 0 fully saturated rings. The monoisotopic (exact) mass is 512 g/mol. The van der Waals surface area contributed by atoms with E-state index in [9.17, 15) is 14.7 Å². The number of ether oxygens (including phenoxy) is 2. The van der Waals surface area contributed by atoms with Crippen molar-refractivity contribution in [2.45, 2.75) is 13.0 Å². The van der Waals surface area contributed by atoms with E-state index in [2.05, 4.69) is 4.98 Å². The second-order valence-electron chi connectivity index (χ2n) is 8.28. The molecule has 1 aliphatic rings. The molecule has 0 spiro atoms. The summed E-state index contributed by atoms with van der Waals surface area (Å²) in [4.78, 5) is 32.9. The zero-order chi connectivity index (χ0) is 25.9. The molecule has 7 nitrogen and oxygen atoms in total. The number of ketones is 1. The van der Waals surface area contributed by atoms with Crippen molar-refractivity contribution in [1.29, 1.82) is 0 Å². The van der Waals surface area contributed by atoms with Gasteiger partial charge in [0.25, 0.3) is 5.91 Å². The molecule has 2 heterocycles. The van der Waals surface area contributed by atoms with E-state index in [-0.39, 0.29) is 5.57 Å². The van der Waals surface area contributed by atoms with Gasteiger partial charge < -0.3 is 14.6 Å². The summed E-state index contributed by atoms with van der Waals surface area (Å²) < 4.78 is 11.8. The van der Waals surface area contributed by atoms with Crippen LogP contribution in [0, 0.1) is 0 Å². The number of methoxy groups -OCH3 is 1. The summed E-state index contributed by atoms with van der Waals surface area (Å²) >= 11 is 1.29. The molecule has 1 aliphatic heterocycles. The maximum absolute atomic E-state index is 13.4. The lowest BCUT2D eigenvalue weighted by Gasteiger charge is -2.24. The molecule has 0 bridgehead atoms. The van der Waals surface area contributed by atoms with Crippen LogP contribution in [0.2, 0.25) is 0 Å². The van der Waals surface area contributed by atoms with E-state index in [1.165, 1.54) is 22.3 Å². The second-order valence-corrected chi connectivity index (χ2v) is 9.29. The normalized spacial score (nSPS) is 15.7. The highest BCUT2D eigenvalue weighted by Crippen LogP contribution is 2.44. The molecule has 3 aromatic carbocycles. The van der Waals surface area contributed by atoms with Gasteiger partial charge in [0, 0.05) is 0 Å². The van der Waals surface area contributed by atoms with Crippen molar-refractivity contribution in [2.75, 3.05) is 18.6 Å². The number of amides is 1. The predicted molar refractivity (Wildman–Crippen MR) is 144 cm³/mol. The number of hydrogen-bond acceptors (Lipinski definition) is 7. The van der Waals surface area contributed by atoms with Crippen molar-refractivity contribution in [3.8, 4) is 11.5 Å². The van der Waals surface area contributed by atoms with Crippen LogP contribution >= 0.6 is 11.3 Å². The summed E-state index contributed by atoms with van der Waals surface area (Å²) in [6.07, 6.45) is 3.03. The van der Waals surface area contributed by atoms with Gasteiger partial charge in [0.15, 0.2) is 16.7 Å². The fourth-order valence-electron chi connectivity index (χ4n) is 4.26. The highest BCUT2D eigenvalue weighted by atomic mass is 32.1. The topological polar surface area (TPSA) is 89.0 Å². The smallest absolute Gasteiger partial charge is 0.296 e. The number of rotatable bonds is 8. The van der Waals surface area contributed by atoms with Crippen LogP contribution in [0.25, 0.3) is 16.3 Å². The van der Waals surface area contributed by atoms with Gasteiger partial charge in [-0.3, -0.25) is 14.5 Å². The molecular formula is C29H24N2O5S. The Hall–Kier alpha value is -4.43. The molecule has 4 aromatic rings. The number of carbonyl (C=O) groups is 2. The van der Waals surface area contributed by atoms with Gasteiger partial charge >= 0.3 is 0 Å².